The number of hydrogen-bond donors (Lipinski definition) is 4. The van der Waals surface area contributed by atoms with Crippen LogP contribution >= 0.6 is 0 Å². The first-order valence-electron chi connectivity index (χ1n) is 25.3. The highest BCUT2D eigenvalue weighted by Crippen LogP contribution is 2.34. The van der Waals surface area contributed by atoms with E-state index in [0.717, 1.165) is 102 Å². The molecule has 0 bridgehead atoms. The van der Waals surface area contributed by atoms with Crippen LogP contribution in [0.3, 0.4) is 0 Å². The fourth-order valence-corrected chi connectivity index (χ4v) is 9.52. The number of β-amino-alcohol motifs (C(OH)–C–C–N with tert-alkyl or cyclic N) is 2. The van der Waals surface area contributed by atoms with Crippen LogP contribution in [0.15, 0.2) is 119 Å². The molecule has 5 aliphatic rings. The Morgan fingerprint density at radius 2 is 0.931 bits per heavy atom. The monoisotopic (exact) mass is 992 g/mol. The Balaban J connectivity index is 0.000000218. The number of aliphatic imine (C=N–C) groups is 1. The van der Waals surface area contributed by atoms with Gasteiger partial charge in [-0.2, -0.15) is 0 Å². The number of benzene rings is 3. The second kappa shape index (κ2) is 31.8. The second-order valence-corrected chi connectivity index (χ2v) is 19.1. The lowest BCUT2D eigenvalue weighted by molar-refractivity contribution is -0.130. The van der Waals surface area contributed by atoms with Gasteiger partial charge in [0.15, 0.2) is 17.3 Å². The minimum absolute atomic E-state index is 0. The van der Waals surface area contributed by atoms with Crippen LogP contribution in [0, 0.1) is 0 Å². The van der Waals surface area contributed by atoms with E-state index in [1.165, 1.54) is 0 Å². The van der Waals surface area contributed by atoms with Gasteiger partial charge in [0, 0.05) is 150 Å². The molecule has 2 saturated heterocycles. The van der Waals surface area contributed by atoms with Crippen molar-refractivity contribution >= 4 is 35.1 Å². The van der Waals surface area contributed by atoms with Crippen molar-refractivity contribution in [1.29, 1.82) is 0 Å². The molecule has 0 spiro atoms. The number of nitrogens with zero attached hydrogens (tertiary/aromatic N) is 6. The van der Waals surface area contributed by atoms with Gasteiger partial charge in [0.05, 0.1) is 37.3 Å². The molecule has 0 radical (unpaired) electrons. The first-order chi connectivity index (χ1) is 34.4. The first kappa shape index (κ1) is 59.0. The van der Waals surface area contributed by atoms with Crippen molar-refractivity contribution in [2.45, 2.75) is 70.1 Å². The summed E-state index contributed by atoms with van der Waals surface area (Å²) in [6, 6.07) is 29.4. The third kappa shape index (κ3) is 19.8. The number of allylic oxidation sites excluding steroid dienone is 3. The van der Waals surface area contributed by atoms with Gasteiger partial charge in [0.25, 0.3) is 0 Å². The van der Waals surface area contributed by atoms with Gasteiger partial charge in [-0.3, -0.25) is 48.6 Å². The van der Waals surface area contributed by atoms with E-state index in [2.05, 4.69) is 24.6 Å². The van der Waals surface area contributed by atoms with Crippen LogP contribution in [0.4, 0.5) is 0 Å². The molecule has 3 aliphatic carbocycles. The van der Waals surface area contributed by atoms with Gasteiger partial charge in [0.2, 0.25) is 0 Å². The van der Waals surface area contributed by atoms with Crippen molar-refractivity contribution in [3.05, 3.63) is 131 Å². The predicted octanol–water partition coefficient (Wildman–Crippen LogP) is 5.06. The number of rotatable bonds is 14. The number of piperazine rings is 2. The van der Waals surface area contributed by atoms with Crippen LogP contribution in [0.2, 0.25) is 0 Å². The van der Waals surface area contributed by atoms with Crippen molar-refractivity contribution in [2.75, 3.05) is 119 Å². The molecule has 2 heterocycles. The van der Waals surface area contributed by atoms with E-state index in [1.807, 2.05) is 105 Å². The maximum Gasteiger partial charge on any atom is 0.168 e. The van der Waals surface area contributed by atoms with Gasteiger partial charge in [-0.15, -0.1) is 0 Å². The fraction of sp³-hybridized carbons (Fsp3) is 0.509. The van der Waals surface area contributed by atoms with Gasteiger partial charge in [-0.05, 0) is 34.4 Å². The van der Waals surface area contributed by atoms with Crippen LogP contribution in [-0.2, 0) is 24.0 Å². The van der Waals surface area contributed by atoms with Crippen molar-refractivity contribution in [3.8, 4) is 0 Å². The number of carbonyl (C=O) groups excluding carboxylic acids is 5. The Morgan fingerprint density at radius 3 is 1.32 bits per heavy atom. The van der Waals surface area contributed by atoms with Gasteiger partial charge >= 0.3 is 0 Å². The highest BCUT2D eigenvalue weighted by atomic mass is 16.3. The normalized spacial score (nSPS) is 20.7. The number of hydrogen-bond acceptors (Lipinski definition) is 15. The van der Waals surface area contributed by atoms with Crippen molar-refractivity contribution in [3.63, 3.8) is 0 Å². The van der Waals surface area contributed by atoms with Crippen LogP contribution in [0.1, 0.15) is 86.8 Å². The minimum atomic E-state index is -0.0474. The maximum atomic E-state index is 12.4. The molecule has 4 fully saturated rings. The average Bonchev–Trinajstić information content (AvgIpc) is 3.37. The highest BCUT2D eigenvalue weighted by Gasteiger charge is 2.32. The van der Waals surface area contributed by atoms with E-state index in [9.17, 15) is 29.1 Å². The Morgan fingerprint density at radius 1 is 0.556 bits per heavy atom. The largest absolute Gasteiger partial charge is 0.511 e. The van der Waals surface area contributed by atoms with Crippen LogP contribution in [-0.4, -0.2) is 194 Å². The molecule has 0 amide bonds. The number of Topliss-reactive ketones (excluding diaryl/α,β-unsaturated/α-hetero) is 5. The van der Waals surface area contributed by atoms with E-state index < -0.39 is 0 Å². The summed E-state index contributed by atoms with van der Waals surface area (Å²) in [5.74, 6) is 0.379. The number of nitrogens with two attached hydrogens (primary N) is 1. The minimum Gasteiger partial charge on any atom is -0.511 e. The SMILES string of the molecule is C.CN(C)C=C1C(=O)CC(c2ccccc2)CC1=O.NCCN1CCN(CCO)CC1.O=C1CC(=O)CC(c2ccccc2)C1.O=C1CC(c2ccccc2)CC(O)=C1C=NCCN1CCN(CCO)CC1. The molecule has 392 valence electrons. The van der Waals surface area contributed by atoms with E-state index >= 15 is 0 Å². The molecule has 0 aromatic heterocycles. The smallest absolute Gasteiger partial charge is 0.168 e. The van der Waals surface area contributed by atoms with Crippen molar-refractivity contribution < 1.29 is 39.3 Å². The summed E-state index contributed by atoms with van der Waals surface area (Å²) in [6.07, 6.45) is 6.14. The molecule has 15 heteroatoms. The van der Waals surface area contributed by atoms with Crippen LogP contribution in [0.5, 0.6) is 0 Å². The number of carbonyl (C=O) groups is 5. The number of aliphatic hydroxyl groups is 3. The molecular formula is C57H81N7O8. The summed E-state index contributed by atoms with van der Waals surface area (Å²) >= 11 is 0. The van der Waals surface area contributed by atoms with Gasteiger partial charge in [-0.25, -0.2) is 0 Å². The fourth-order valence-electron chi connectivity index (χ4n) is 9.52. The molecular weight excluding hydrogens is 911 g/mol. The summed E-state index contributed by atoms with van der Waals surface area (Å²) in [7, 11) is 3.63. The van der Waals surface area contributed by atoms with Crippen molar-refractivity contribution in [1.82, 2.24) is 24.5 Å². The van der Waals surface area contributed by atoms with Crippen LogP contribution < -0.4 is 5.73 Å². The molecule has 1 atom stereocenters. The molecule has 72 heavy (non-hydrogen) atoms. The Hall–Kier alpha value is -5.52. The van der Waals surface area contributed by atoms with E-state index in [-0.39, 0.29) is 79.5 Å². The summed E-state index contributed by atoms with van der Waals surface area (Å²) in [6.45, 7) is 13.5. The lowest BCUT2D eigenvalue weighted by atomic mass is 9.80. The molecule has 1 unspecified atom stereocenters. The maximum absolute atomic E-state index is 12.4. The summed E-state index contributed by atoms with van der Waals surface area (Å²) < 4.78 is 0. The first-order valence-corrected chi connectivity index (χ1v) is 25.3. The molecule has 8 rings (SSSR count). The Kier molecular flexibility index (Phi) is 26.1. The zero-order chi connectivity index (χ0) is 51.0. The molecule has 15 nitrogen and oxygen atoms in total. The van der Waals surface area contributed by atoms with E-state index in [4.69, 9.17) is 15.9 Å². The lowest BCUT2D eigenvalue weighted by Gasteiger charge is -2.33. The summed E-state index contributed by atoms with van der Waals surface area (Å²) in [4.78, 5) is 74.3. The summed E-state index contributed by atoms with van der Waals surface area (Å²) in [5.41, 5.74) is 9.44. The predicted molar refractivity (Wildman–Crippen MR) is 285 cm³/mol. The number of aliphatic hydroxyl groups excluding tert-OH is 3. The quantitative estimate of drug-likeness (QED) is 0.0724. The molecule has 2 saturated carbocycles. The van der Waals surface area contributed by atoms with Gasteiger partial charge in [-0.1, -0.05) is 98.4 Å². The zero-order valence-electron chi connectivity index (χ0n) is 42.0. The highest BCUT2D eigenvalue weighted by molar-refractivity contribution is 6.22. The Bertz CT molecular complexity index is 2170. The standard InChI is InChI=1S/C21H29N3O3.C15H17NO2.C12H12O2.C8H19N3O.CH4/c25-13-12-24-10-8-23(9-11-24)7-6-22-16-19-20(26)14-18(15-21(19)27)17-4-2-1-3-5-17;1-16(2)10-13-14(17)8-12(9-15(13)18)11-6-4-3-5-7-11;13-11-6-10(7-12(14)8-11)9-4-2-1-3-5-9;9-1-2-10-3-5-11(6-4-10)7-8-12;/h1-5,16,18,25-26H,6-15H2;3-7,10,12H,8-9H2,1-2H3;1-5,10H,6-8H2;12H,1-9H2;1H4. The molecule has 3 aromatic rings. The van der Waals surface area contributed by atoms with Gasteiger partial charge < -0.3 is 26.0 Å². The Labute approximate surface area is 428 Å². The summed E-state index contributed by atoms with van der Waals surface area (Å²) in [5, 5.41) is 28.0. The third-order valence-electron chi connectivity index (χ3n) is 13.5. The van der Waals surface area contributed by atoms with Gasteiger partial charge in [0.1, 0.15) is 17.3 Å². The van der Waals surface area contributed by atoms with E-state index in [1.54, 1.807) is 17.3 Å². The van der Waals surface area contributed by atoms with Crippen molar-refractivity contribution in [2.24, 2.45) is 10.7 Å². The average molecular weight is 992 g/mol. The molecule has 5 N–H and O–H groups in total. The van der Waals surface area contributed by atoms with Crippen LogP contribution in [0.25, 0.3) is 0 Å². The zero-order valence-corrected chi connectivity index (χ0v) is 42.0. The topological polar surface area (TPSA) is 201 Å². The van der Waals surface area contributed by atoms with E-state index in [0.29, 0.717) is 56.2 Å². The second-order valence-electron chi connectivity index (χ2n) is 19.1. The molecule has 2 aliphatic heterocycles. The third-order valence-corrected chi connectivity index (χ3v) is 13.5. The number of ketones is 5. The lowest BCUT2D eigenvalue weighted by Crippen LogP contribution is -2.48. The molecule has 3 aromatic carbocycles.